The van der Waals surface area contributed by atoms with Crippen LogP contribution in [0.5, 0.6) is 0 Å². The van der Waals surface area contributed by atoms with Crippen LogP contribution in [0.25, 0.3) is 0 Å². The molecular formula is C29H48O2. The van der Waals surface area contributed by atoms with Crippen LogP contribution in [0.15, 0.2) is 42.5 Å². The number of hydrogen-bond donors (Lipinski definition) is 1. The average Bonchev–Trinajstić information content (AvgIpc) is 2.76. The Labute approximate surface area is 192 Å². The first-order valence-electron chi connectivity index (χ1n) is 13.1. The lowest BCUT2D eigenvalue weighted by atomic mass is 9.87. The lowest BCUT2D eigenvalue weighted by Gasteiger charge is -2.18. The van der Waals surface area contributed by atoms with Crippen LogP contribution in [-0.2, 0) is 11.2 Å². The van der Waals surface area contributed by atoms with E-state index >= 15 is 0 Å². The van der Waals surface area contributed by atoms with Crippen molar-refractivity contribution in [3.8, 4) is 0 Å². The van der Waals surface area contributed by atoms with Crippen LogP contribution < -0.4 is 0 Å². The van der Waals surface area contributed by atoms with Crippen LogP contribution in [-0.4, -0.2) is 11.1 Å². The second-order valence-corrected chi connectivity index (χ2v) is 9.34. The van der Waals surface area contributed by atoms with Gasteiger partial charge in [-0.15, -0.1) is 0 Å². The summed E-state index contributed by atoms with van der Waals surface area (Å²) in [6.07, 6.45) is 23.6. The quantitative estimate of drug-likeness (QED) is 0.166. The van der Waals surface area contributed by atoms with Gasteiger partial charge in [0.15, 0.2) is 0 Å². The van der Waals surface area contributed by atoms with Crippen LogP contribution in [0.2, 0.25) is 0 Å². The Balaban J connectivity index is 2.42. The summed E-state index contributed by atoms with van der Waals surface area (Å²) in [5, 5.41) is 9.34. The highest BCUT2D eigenvalue weighted by atomic mass is 16.4. The standard InChI is InChI=1S/C29H48O2/c1-3-5-7-8-9-10-13-18-26(17-12-6-4-2)21-16-22-28(25-29(30)31)24-23-27-19-14-11-15-20-27/h10-11,13-15,19-20,26,28H,3-9,12,16-18,21-25H2,1-2H3,(H,30,31)/t26-,28+/m0/s1. The predicted octanol–water partition coefficient (Wildman–Crippen LogP) is 8.99. The number of aryl methyl sites for hydroxylation is 1. The molecule has 31 heavy (non-hydrogen) atoms. The van der Waals surface area contributed by atoms with Gasteiger partial charge in [-0.3, -0.25) is 4.79 Å². The van der Waals surface area contributed by atoms with E-state index in [-0.39, 0.29) is 0 Å². The molecule has 0 saturated carbocycles. The van der Waals surface area contributed by atoms with E-state index in [4.69, 9.17) is 0 Å². The first kappa shape index (κ1) is 27.5. The Hall–Kier alpha value is -1.57. The Morgan fingerprint density at radius 1 is 0.806 bits per heavy atom. The van der Waals surface area contributed by atoms with Gasteiger partial charge < -0.3 is 5.11 Å². The highest BCUT2D eigenvalue weighted by Gasteiger charge is 2.15. The maximum Gasteiger partial charge on any atom is 0.303 e. The molecule has 1 aromatic rings. The molecule has 0 aliphatic heterocycles. The van der Waals surface area contributed by atoms with E-state index in [0.717, 1.165) is 31.6 Å². The first-order valence-corrected chi connectivity index (χ1v) is 13.1. The summed E-state index contributed by atoms with van der Waals surface area (Å²) in [5.41, 5.74) is 1.32. The molecule has 1 aromatic carbocycles. The van der Waals surface area contributed by atoms with Gasteiger partial charge in [0.05, 0.1) is 0 Å². The molecule has 2 heteroatoms. The molecule has 1 rings (SSSR count). The van der Waals surface area contributed by atoms with Crippen molar-refractivity contribution in [1.82, 2.24) is 0 Å². The molecule has 176 valence electrons. The Bertz CT molecular complexity index is 563. The van der Waals surface area contributed by atoms with E-state index in [2.05, 4.69) is 50.3 Å². The lowest BCUT2D eigenvalue weighted by molar-refractivity contribution is -0.138. The summed E-state index contributed by atoms with van der Waals surface area (Å²) in [6.45, 7) is 4.54. The molecule has 0 spiro atoms. The van der Waals surface area contributed by atoms with Crippen LogP contribution >= 0.6 is 0 Å². The van der Waals surface area contributed by atoms with Crippen LogP contribution in [0.3, 0.4) is 0 Å². The van der Waals surface area contributed by atoms with E-state index in [1.807, 2.05) is 6.07 Å². The zero-order valence-corrected chi connectivity index (χ0v) is 20.4. The monoisotopic (exact) mass is 428 g/mol. The van der Waals surface area contributed by atoms with Gasteiger partial charge in [-0.05, 0) is 55.9 Å². The molecule has 0 heterocycles. The fraction of sp³-hybridized carbons (Fsp3) is 0.690. The highest BCUT2D eigenvalue weighted by molar-refractivity contribution is 5.67. The summed E-state index contributed by atoms with van der Waals surface area (Å²) in [5.74, 6) is 0.407. The number of unbranched alkanes of at least 4 members (excludes halogenated alkanes) is 6. The molecule has 0 unspecified atom stereocenters. The minimum Gasteiger partial charge on any atom is -0.481 e. The molecule has 1 N–H and O–H groups in total. The zero-order valence-electron chi connectivity index (χ0n) is 20.4. The number of benzene rings is 1. The molecule has 0 amide bonds. The van der Waals surface area contributed by atoms with Crippen molar-refractivity contribution >= 4 is 5.97 Å². The summed E-state index contributed by atoms with van der Waals surface area (Å²) < 4.78 is 0. The second-order valence-electron chi connectivity index (χ2n) is 9.34. The lowest BCUT2D eigenvalue weighted by Crippen LogP contribution is -2.10. The van der Waals surface area contributed by atoms with Crippen molar-refractivity contribution in [2.75, 3.05) is 0 Å². The van der Waals surface area contributed by atoms with E-state index < -0.39 is 5.97 Å². The third-order valence-corrected chi connectivity index (χ3v) is 6.45. The fourth-order valence-corrected chi connectivity index (χ4v) is 4.46. The Kier molecular flexibility index (Phi) is 17.0. The Morgan fingerprint density at radius 2 is 1.48 bits per heavy atom. The van der Waals surface area contributed by atoms with E-state index in [1.165, 1.54) is 76.2 Å². The molecule has 2 nitrogen and oxygen atoms in total. The summed E-state index contributed by atoms with van der Waals surface area (Å²) in [7, 11) is 0. The van der Waals surface area contributed by atoms with Gasteiger partial charge in [0.1, 0.15) is 0 Å². The number of carboxylic acid groups (broad SMARTS) is 1. The van der Waals surface area contributed by atoms with Gasteiger partial charge in [-0.25, -0.2) is 0 Å². The van der Waals surface area contributed by atoms with Crippen LogP contribution in [0.1, 0.15) is 116 Å². The third kappa shape index (κ3) is 15.8. The van der Waals surface area contributed by atoms with Crippen LogP contribution in [0, 0.1) is 11.8 Å². The smallest absolute Gasteiger partial charge is 0.303 e. The van der Waals surface area contributed by atoms with Gasteiger partial charge in [0, 0.05) is 6.42 Å². The van der Waals surface area contributed by atoms with Crippen LogP contribution in [0.4, 0.5) is 0 Å². The summed E-state index contributed by atoms with van der Waals surface area (Å²) in [6, 6.07) is 10.5. The van der Waals surface area contributed by atoms with Crippen molar-refractivity contribution in [3.05, 3.63) is 48.0 Å². The van der Waals surface area contributed by atoms with Crippen molar-refractivity contribution in [1.29, 1.82) is 0 Å². The molecular weight excluding hydrogens is 380 g/mol. The van der Waals surface area contributed by atoms with Gasteiger partial charge >= 0.3 is 5.97 Å². The number of carbonyl (C=O) groups is 1. The number of aliphatic carboxylic acids is 1. The van der Waals surface area contributed by atoms with Crippen molar-refractivity contribution in [2.45, 2.75) is 117 Å². The first-order chi connectivity index (χ1) is 15.2. The SMILES string of the molecule is CCCCCCC=CC[C@H](CCCCC)CCC[C@H](CCc1ccccc1)CC(=O)O. The van der Waals surface area contributed by atoms with Crippen molar-refractivity contribution < 1.29 is 9.90 Å². The second kappa shape index (κ2) is 19.1. The van der Waals surface area contributed by atoms with Crippen molar-refractivity contribution in [3.63, 3.8) is 0 Å². The van der Waals surface area contributed by atoms with Crippen molar-refractivity contribution in [2.24, 2.45) is 11.8 Å². The molecule has 0 aliphatic carbocycles. The maximum absolute atomic E-state index is 11.4. The van der Waals surface area contributed by atoms with Gasteiger partial charge in [0.25, 0.3) is 0 Å². The molecule has 0 aromatic heterocycles. The van der Waals surface area contributed by atoms with Gasteiger partial charge in [0.2, 0.25) is 0 Å². The van der Waals surface area contributed by atoms with E-state index in [1.54, 1.807) is 0 Å². The van der Waals surface area contributed by atoms with E-state index in [9.17, 15) is 9.90 Å². The molecule has 0 saturated heterocycles. The number of rotatable bonds is 20. The number of allylic oxidation sites excluding steroid dienone is 2. The van der Waals surface area contributed by atoms with Gasteiger partial charge in [-0.1, -0.05) is 114 Å². The largest absolute Gasteiger partial charge is 0.481 e. The number of hydrogen-bond acceptors (Lipinski definition) is 1. The topological polar surface area (TPSA) is 37.3 Å². The fourth-order valence-electron chi connectivity index (χ4n) is 4.46. The third-order valence-electron chi connectivity index (χ3n) is 6.45. The predicted molar refractivity (Wildman–Crippen MR) is 135 cm³/mol. The summed E-state index contributed by atoms with van der Waals surface area (Å²) in [4.78, 5) is 11.4. The molecule has 2 atom stereocenters. The molecule has 0 aliphatic rings. The maximum atomic E-state index is 11.4. The molecule has 0 bridgehead atoms. The average molecular weight is 429 g/mol. The van der Waals surface area contributed by atoms with Gasteiger partial charge in [-0.2, -0.15) is 0 Å². The minimum atomic E-state index is -0.649. The normalized spacial score (nSPS) is 13.5. The molecule has 0 fully saturated rings. The zero-order chi connectivity index (χ0) is 22.6. The van der Waals surface area contributed by atoms with E-state index in [0.29, 0.717) is 12.3 Å². The Morgan fingerprint density at radius 3 is 2.19 bits per heavy atom. The molecule has 0 radical (unpaired) electrons. The highest BCUT2D eigenvalue weighted by Crippen LogP contribution is 2.25. The summed E-state index contributed by atoms with van der Waals surface area (Å²) >= 11 is 0. The minimum absolute atomic E-state index is 0.295. The number of carboxylic acids is 1.